The van der Waals surface area contributed by atoms with Crippen LogP contribution >= 0.6 is 0 Å². The first-order valence-corrected chi connectivity index (χ1v) is 4.87. The van der Waals surface area contributed by atoms with E-state index in [4.69, 9.17) is 0 Å². The third-order valence-electron chi connectivity index (χ3n) is 0.675. The van der Waals surface area contributed by atoms with E-state index in [9.17, 15) is 0 Å². The minimum Gasteiger partial charge on any atom is -0.333 e. The summed E-state index contributed by atoms with van der Waals surface area (Å²) in [7, 11) is 1.50. The van der Waals surface area contributed by atoms with Gasteiger partial charge in [0, 0.05) is 9.84 Å². The molecule has 5 heteroatoms. The molecule has 0 aromatic heterocycles. The van der Waals surface area contributed by atoms with Gasteiger partial charge in [0.1, 0.15) is 0 Å². The second-order valence-electron chi connectivity index (χ2n) is 1.39. The molecule has 67 valence electrons. The third kappa shape index (κ3) is 18.0. The molecule has 0 aromatic rings. The molecule has 0 heterocycles. The normalized spacial score (nSPS) is 7.27. The molecule has 0 spiro atoms. The number of hydrogen-bond acceptors (Lipinski definition) is 3. The van der Waals surface area contributed by atoms with Crippen molar-refractivity contribution in [1.29, 1.82) is 0 Å². The molecule has 0 unspecified atom stereocenters. The summed E-state index contributed by atoms with van der Waals surface area (Å²) in [5.41, 5.74) is 4.50. The Morgan fingerprint density at radius 2 is 1.55 bits per heavy atom. The second kappa shape index (κ2) is 16.8. The summed E-state index contributed by atoms with van der Waals surface area (Å²) in [5, 5.41) is 6.38. The maximum absolute atomic E-state index is 4.50. The van der Waals surface area contributed by atoms with Crippen molar-refractivity contribution < 1.29 is 20.8 Å². The van der Waals surface area contributed by atoms with Crippen LogP contribution in [0.4, 0.5) is 0 Å². The molecule has 0 bridgehead atoms. The average molecular weight is 329 g/mol. The van der Waals surface area contributed by atoms with Crippen LogP contribution in [0, 0.1) is 0 Å². The molecule has 0 aliphatic heterocycles. The number of nitrogens with two attached hydrogens (primary N) is 1. The SMILES string of the molecule is CCN[C](=[W])NCC.CN.[2HH].[B]. The van der Waals surface area contributed by atoms with E-state index in [0.29, 0.717) is 0 Å². The van der Waals surface area contributed by atoms with Crippen molar-refractivity contribution in [3.63, 3.8) is 0 Å². The van der Waals surface area contributed by atoms with E-state index in [0.717, 1.165) is 13.1 Å². The average Bonchev–Trinajstić information content (AvgIpc) is 1.93. The first kappa shape index (κ1) is 17.6. The summed E-state index contributed by atoms with van der Waals surface area (Å²) in [6.07, 6.45) is 0. The van der Waals surface area contributed by atoms with Crippen molar-refractivity contribution in [3.8, 4) is 0 Å². The number of rotatable bonds is 4. The summed E-state index contributed by atoms with van der Waals surface area (Å²) in [5.74, 6) is 0. The smallest absolute Gasteiger partial charge is 0 e. The van der Waals surface area contributed by atoms with Gasteiger partial charge in [-0.25, -0.2) is 0 Å². The van der Waals surface area contributed by atoms with Crippen molar-refractivity contribution in [3.05, 3.63) is 0 Å². The van der Waals surface area contributed by atoms with Crippen LogP contribution in [0.3, 0.4) is 0 Å². The topological polar surface area (TPSA) is 50.1 Å². The molecule has 0 aliphatic rings. The van der Waals surface area contributed by atoms with Gasteiger partial charge in [0.15, 0.2) is 0 Å². The molecule has 3 nitrogen and oxygen atoms in total. The molecular formula is C6H19BN3W. The van der Waals surface area contributed by atoms with E-state index < -0.39 is 0 Å². The number of hydrogen-bond donors (Lipinski definition) is 3. The van der Waals surface area contributed by atoms with Crippen LogP contribution in [0.2, 0.25) is 0 Å². The number of nitrogens with one attached hydrogen (secondary N) is 2. The Labute approximate surface area is 84.0 Å². The van der Waals surface area contributed by atoms with Gasteiger partial charge in [-0.2, -0.15) is 0 Å². The summed E-state index contributed by atoms with van der Waals surface area (Å²) in [6.45, 7) is 6.23. The van der Waals surface area contributed by atoms with Crippen LogP contribution in [-0.2, 0) is 19.4 Å². The van der Waals surface area contributed by atoms with Gasteiger partial charge in [-0.3, -0.25) is 0 Å². The van der Waals surface area contributed by atoms with Crippen molar-refractivity contribution in [1.82, 2.24) is 10.6 Å². The molecule has 0 saturated carbocycles. The summed E-state index contributed by atoms with van der Waals surface area (Å²) < 4.78 is 1.25. The van der Waals surface area contributed by atoms with Crippen molar-refractivity contribution in [2.45, 2.75) is 13.8 Å². The maximum Gasteiger partial charge on any atom is 0 e. The van der Waals surface area contributed by atoms with Crippen LogP contribution in [-0.4, -0.2) is 32.7 Å². The molecule has 11 heavy (non-hydrogen) atoms. The van der Waals surface area contributed by atoms with E-state index in [1.54, 1.807) is 0 Å². The zero-order valence-corrected chi connectivity index (χ0v) is 10.4. The predicted octanol–water partition coefficient (Wildman–Crippen LogP) is -0.720. The van der Waals surface area contributed by atoms with E-state index in [1.807, 2.05) is 0 Å². The van der Waals surface area contributed by atoms with Gasteiger partial charge in [0.05, 0.1) is 0 Å². The van der Waals surface area contributed by atoms with Crippen molar-refractivity contribution in [2.75, 3.05) is 20.1 Å². The van der Waals surface area contributed by atoms with Gasteiger partial charge in [-0.1, -0.05) is 0 Å². The van der Waals surface area contributed by atoms with Crippen molar-refractivity contribution >= 4 is 12.6 Å². The second-order valence-corrected chi connectivity index (χ2v) is 2.86. The van der Waals surface area contributed by atoms with Crippen LogP contribution in [0.15, 0.2) is 0 Å². The molecule has 0 rings (SSSR count). The van der Waals surface area contributed by atoms with Crippen LogP contribution < -0.4 is 16.4 Å². The molecule has 0 fully saturated rings. The van der Waals surface area contributed by atoms with Gasteiger partial charge < -0.3 is 5.73 Å². The van der Waals surface area contributed by atoms with Gasteiger partial charge in [0.2, 0.25) is 0 Å². The Morgan fingerprint density at radius 1 is 1.27 bits per heavy atom. The fourth-order valence-corrected chi connectivity index (χ4v) is 1.42. The van der Waals surface area contributed by atoms with Crippen LogP contribution in [0.25, 0.3) is 0 Å². The Balaban J connectivity index is -0.0000000740. The predicted molar refractivity (Wildman–Crippen MR) is 50.3 cm³/mol. The first-order valence-electron chi connectivity index (χ1n) is 3.40. The fraction of sp³-hybridized carbons (Fsp3) is 0.833. The van der Waals surface area contributed by atoms with Gasteiger partial charge >= 0.3 is 61.1 Å². The van der Waals surface area contributed by atoms with E-state index in [1.165, 1.54) is 30.5 Å². The largest absolute Gasteiger partial charge is 0.333 e. The Hall–Kier alpha value is 0.503. The molecule has 0 aliphatic carbocycles. The minimum atomic E-state index is 0. The van der Waals surface area contributed by atoms with Crippen LogP contribution in [0.1, 0.15) is 15.3 Å². The Bertz CT molecular complexity index is 77.2. The quantitative estimate of drug-likeness (QED) is 0.597. The molecule has 0 atom stereocenters. The fourth-order valence-electron chi connectivity index (χ4n) is 0.384. The monoisotopic (exact) mass is 329 g/mol. The minimum absolute atomic E-state index is 0. The van der Waals surface area contributed by atoms with Gasteiger partial charge in [-0.15, -0.1) is 0 Å². The van der Waals surface area contributed by atoms with Gasteiger partial charge in [-0.05, 0) is 7.05 Å². The zero-order chi connectivity index (χ0) is 8.41. The van der Waals surface area contributed by atoms with Crippen molar-refractivity contribution in [2.24, 2.45) is 5.73 Å². The van der Waals surface area contributed by atoms with E-state index >= 15 is 0 Å². The molecule has 0 saturated heterocycles. The maximum atomic E-state index is 4.50. The molecule has 0 aromatic carbocycles. The molecule has 3 radical (unpaired) electrons. The third-order valence-corrected chi connectivity index (χ3v) is 1.71. The molecular weight excluding hydrogens is 309 g/mol. The van der Waals surface area contributed by atoms with Crippen LogP contribution in [0.5, 0.6) is 0 Å². The zero-order valence-electron chi connectivity index (χ0n) is 7.48. The Kier molecular flexibility index (Phi) is 26.9. The Morgan fingerprint density at radius 3 is 1.73 bits per heavy atom. The molecule has 0 amide bonds. The summed E-state index contributed by atoms with van der Waals surface area (Å²) in [6, 6.07) is 0. The standard InChI is InChI=1S/C5H12N2.CH5N.B.W.H2/c1-3-6-5-7-4-2;1-2;;;/h6-7H,3-4H2,1-2H3;2H2,1H3;;;1H/i;;;;1+1. The van der Waals surface area contributed by atoms with E-state index in [-0.39, 0.29) is 9.84 Å². The molecule has 4 N–H and O–H groups in total. The van der Waals surface area contributed by atoms with Gasteiger partial charge in [0.25, 0.3) is 0 Å². The van der Waals surface area contributed by atoms with E-state index in [2.05, 4.69) is 30.2 Å². The summed E-state index contributed by atoms with van der Waals surface area (Å²) >= 11 is 1.48. The first-order chi connectivity index (χ1) is 4.81. The summed E-state index contributed by atoms with van der Waals surface area (Å²) in [4.78, 5) is 0.